The molecule has 1 aliphatic carbocycles. The summed E-state index contributed by atoms with van der Waals surface area (Å²) in [6, 6.07) is 7.27. The van der Waals surface area contributed by atoms with E-state index in [1.165, 1.54) is 29.8 Å². The van der Waals surface area contributed by atoms with Crippen LogP contribution in [0.2, 0.25) is 0 Å². The van der Waals surface area contributed by atoms with E-state index in [9.17, 15) is 18.4 Å². The predicted molar refractivity (Wildman–Crippen MR) is 126 cm³/mol. The summed E-state index contributed by atoms with van der Waals surface area (Å²) in [6.45, 7) is 3.35. The number of hydrogen-bond acceptors (Lipinski definition) is 5. The zero-order chi connectivity index (χ0) is 25.1. The summed E-state index contributed by atoms with van der Waals surface area (Å²) >= 11 is 0. The number of aryl methyl sites for hydroxylation is 2. The number of hydrogen-bond donors (Lipinski definition) is 0. The molecule has 2 heterocycles. The number of ether oxygens (including phenoxy) is 2. The first-order valence-corrected chi connectivity index (χ1v) is 11.9. The molecule has 3 aromatic rings. The van der Waals surface area contributed by atoms with Gasteiger partial charge in [-0.05, 0) is 75.6 Å². The molecular formula is C27H30F2N2O4. The first-order chi connectivity index (χ1) is 16.8. The Bertz CT molecular complexity index is 1230. The SMILES string of the molecule is COC(=O)C1CCC(CCC(=O)c2c(C)nn3c(OCc4c(F)cccc4F)cc(C)cc23)CC1. The highest BCUT2D eigenvalue weighted by Crippen LogP contribution is 2.33. The molecule has 0 saturated heterocycles. The Labute approximate surface area is 203 Å². The van der Waals surface area contributed by atoms with Gasteiger partial charge in [-0.1, -0.05) is 6.07 Å². The molecule has 4 rings (SSSR count). The van der Waals surface area contributed by atoms with Crippen LogP contribution in [0.5, 0.6) is 5.88 Å². The molecule has 0 N–H and O–H groups in total. The van der Waals surface area contributed by atoms with Gasteiger partial charge in [-0.2, -0.15) is 5.10 Å². The normalized spacial score (nSPS) is 18.0. The predicted octanol–water partition coefficient (Wildman–Crippen LogP) is 5.75. The van der Waals surface area contributed by atoms with Gasteiger partial charge < -0.3 is 9.47 Å². The Hall–Kier alpha value is -3.29. The molecule has 0 aliphatic heterocycles. The van der Waals surface area contributed by atoms with Crippen molar-refractivity contribution in [2.75, 3.05) is 7.11 Å². The van der Waals surface area contributed by atoms with E-state index >= 15 is 0 Å². The number of carbonyl (C=O) groups is 2. The number of aromatic nitrogens is 2. The molecule has 1 aromatic carbocycles. The molecule has 6 nitrogen and oxygen atoms in total. The van der Waals surface area contributed by atoms with Crippen molar-refractivity contribution in [2.45, 2.75) is 59.0 Å². The van der Waals surface area contributed by atoms with Crippen LogP contribution in [-0.2, 0) is 16.1 Å². The van der Waals surface area contributed by atoms with Crippen LogP contribution in [0.4, 0.5) is 8.78 Å². The van der Waals surface area contributed by atoms with Crippen molar-refractivity contribution in [3.8, 4) is 5.88 Å². The molecule has 2 aromatic heterocycles. The third-order valence-corrected chi connectivity index (χ3v) is 6.89. The number of methoxy groups -OCH3 is 1. The molecule has 1 fully saturated rings. The number of Topliss-reactive ketones (excluding diaryl/α,β-unsaturated/α-hetero) is 1. The first-order valence-electron chi connectivity index (χ1n) is 11.9. The van der Waals surface area contributed by atoms with Gasteiger partial charge >= 0.3 is 5.97 Å². The van der Waals surface area contributed by atoms with Crippen LogP contribution in [-0.4, -0.2) is 28.5 Å². The maximum atomic E-state index is 14.0. The van der Waals surface area contributed by atoms with E-state index < -0.39 is 11.6 Å². The van der Waals surface area contributed by atoms with Gasteiger partial charge in [0.05, 0.1) is 35.4 Å². The number of fused-ring (bicyclic) bond motifs is 1. The second-order valence-corrected chi connectivity index (χ2v) is 9.32. The topological polar surface area (TPSA) is 69.9 Å². The van der Waals surface area contributed by atoms with Crippen LogP contribution in [0.1, 0.15) is 65.7 Å². The van der Waals surface area contributed by atoms with Crippen LogP contribution in [0.25, 0.3) is 5.52 Å². The molecule has 1 saturated carbocycles. The summed E-state index contributed by atoms with van der Waals surface area (Å²) in [4.78, 5) is 25.0. The zero-order valence-corrected chi connectivity index (χ0v) is 20.3. The Morgan fingerprint density at radius 3 is 2.43 bits per heavy atom. The van der Waals surface area contributed by atoms with E-state index in [-0.39, 0.29) is 29.8 Å². The molecule has 8 heteroatoms. The largest absolute Gasteiger partial charge is 0.473 e. The lowest BCUT2D eigenvalue weighted by molar-refractivity contribution is -0.146. The fourth-order valence-corrected chi connectivity index (χ4v) is 4.94. The van der Waals surface area contributed by atoms with E-state index in [1.54, 1.807) is 13.0 Å². The number of pyridine rings is 1. The minimum atomic E-state index is -0.679. The molecule has 35 heavy (non-hydrogen) atoms. The molecular weight excluding hydrogens is 454 g/mol. The number of rotatable bonds is 8. The van der Waals surface area contributed by atoms with Crippen LogP contribution >= 0.6 is 0 Å². The number of benzene rings is 1. The van der Waals surface area contributed by atoms with Gasteiger partial charge in [-0.25, -0.2) is 13.3 Å². The summed E-state index contributed by atoms with van der Waals surface area (Å²) in [6.07, 6.45) is 4.55. The van der Waals surface area contributed by atoms with Gasteiger partial charge in [-0.3, -0.25) is 9.59 Å². The second-order valence-electron chi connectivity index (χ2n) is 9.32. The average molecular weight is 485 g/mol. The molecule has 1 aliphatic rings. The van der Waals surface area contributed by atoms with E-state index in [2.05, 4.69) is 5.10 Å². The van der Waals surface area contributed by atoms with Crippen molar-refractivity contribution in [1.29, 1.82) is 0 Å². The lowest BCUT2D eigenvalue weighted by Gasteiger charge is -2.26. The summed E-state index contributed by atoms with van der Waals surface area (Å²) in [5, 5.41) is 4.50. The van der Waals surface area contributed by atoms with Crippen LogP contribution in [0.15, 0.2) is 30.3 Å². The molecule has 0 bridgehead atoms. The van der Waals surface area contributed by atoms with Crippen molar-refractivity contribution < 1.29 is 27.8 Å². The van der Waals surface area contributed by atoms with E-state index in [4.69, 9.17) is 9.47 Å². The van der Waals surface area contributed by atoms with Crippen molar-refractivity contribution in [3.05, 3.63) is 64.4 Å². The van der Waals surface area contributed by atoms with Crippen LogP contribution in [0, 0.1) is 37.3 Å². The molecule has 0 radical (unpaired) electrons. The van der Waals surface area contributed by atoms with Gasteiger partial charge in [0.25, 0.3) is 0 Å². The number of esters is 1. The summed E-state index contributed by atoms with van der Waals surface area (Å²) in [5.41, 5.74) is 2.42. The quantitative estimate of drug-likeness (QED) is 0.301. The summed E-state index contributed by atoms with van der Waals surface area (Å²) < 4.78 is 40.2. The van der Waals surface area contributed by atoms with Crippen LogP contribution < -0.4 is 4.74 Å². The first kappa shape index (κ1) is 24.8. The fourth-order valence-electron chi connectivity index (χ4n) is 4.94. The molecule has 186 valence electrons. The highest BCUT2D eigenvalue weighted by molar-refractivity contribution is 6.03. The zero-order valence-electron chi connectivity index (χ0n) is 20.3. The highest BCUT2D eigenvalue weighted by Gasteiger charge is 2.28. The lowest BCUT2D eigenvalue weighted by Crippen LogP contribution is -2.23. The fraction of sp³-hybridized carbons (Fsp3) is 0.444. The number of carbonyl (C=O) groups excluding carboxylic acids is 2. The third kappa shape index (κ3) is 5.36. The minimum Gasteiger partial charge on any atom is -0.473 e. The van der Waals surface area contributed by atoms with E-state index in [0.717, 1.165) is 37.7 Å². The smallest absolute Gasteiger partial charge is 0.308 e. The Balaban J connectivity index is 1.48. The molecule has 0 unspecified atom stereocenters. The maximum Gasteiger partial charge on any atom is 0.308 e. The summed E-state index contributed by atoms with van der Waals surface area (Å²) in [7, 11) is 1.42. The second kappa shape index (κ2) is 10.5. The summed E-state index contributed by atoms with van der Waals surface area (Å²) in [5.74, 6) is -0.821. The Morgan fingerprint density at radius 2 is 1.77 bits per heavy atom. The number of nitrogens with zero attached hydrogens (tertiary/aromatic N) is 2. The molecule has 0 spiro atoms. The lowest BCUT2D eigenvalue weighted by atomic mass is 9.79. The Kier molecular flexibility index (Phi) is 7.48. The molecule has 0 atom stereocenters. The van der Waals surface area contributed by atoms with Gasteiger partial charge in [-0.15, -0.1) is 0 Å². The van der Waals surface area contributed by atoms with Crippen molar-refractivity contribution in [3.63, 3.8) is 0 Å². The standard InChI is InChI=1S/C27H30F2N2O4/c1-16-13-23-26(24(32)12-9-18-7-10-19(11-8-18)27(33)34-3)17(2)30-31(23)25(14-16)35-15-20-21(28)5-4-6-22(20)29/h4-6,13-14,18-19H,7-12,15H2,1-3H3. The highest BCUT2D eigenvalue weighted by atomic mass is 19.1. The minimum absolute atomic E-state index is 0.00397. The van der Waals surface area contributed by atoms with Gasteiger partial charge in [0.1, 0.15) is 18.2 Å². The van der Waals surface area contributed by atoms with Crippen LogP contribution in [0.3, 0.4) is 0 Å². The third-order valence-electron chi connectivity index (χ3n) is 6.89. The van der Waals surface area contributed by atoms with Gasteiger partial charge in [0.15, 0.2) is 5.78 Å². The van der Waals surface area contributed by atoms with E-state index in [0.29, 0.717) is 35.0 Å². The van der Waals surface area contributed by atoms with Crippen molar-refractivity contribution in [2.24, 2.45) is 11.8 Å². The Morgan fingerprint density at radius 1 is 1.09 bits per heavy atom. The van der Waals surface area contributed by atoms with E-state index in [1.807, 2.05) is 13.0 Å². The van der Waals surface area contributed by atoms with Gasteiger partial charge in [0.2, 0.25) is 5.88 Å². The molecule has 0 amide bonds. The van der Waals surface area contributed by atoms with Crippen molar-refractivity contribution >= 4 is 17.3 Å². The number of halogens is 2. The monoisotopic (exact) mass is 484 g/mol. The number of ketones is 1. The van der Waals surface area contributed by atoms with Crippen molar-refractivity contribution in [1.82, 2.24) is 9.61 Å². The van der Waals surface area contributed by atoms with Gasteiger partial charge in [0, 0.05) is 12.5 Å². The average Bonchev–Trinajstić information content (AvgIpc) is 3.17. The maximum absolute atomic E-state index is 14.0.